The molecule has 4 nitrogen and oxygen atoms in total. The second kappa shape index (κ2) is 5.80. The van der Waals surface area contributed by atoms with E-state index in [2.05, 4.69) is 6.92 Å². The molecule has 0 aromatic heterocycles. The quantitative estimate of drug-likeness (QED) is 0.840. The Hall–Kier alpha value is -0.160. The Morgan fingerprint density at radius 1 is 1.00 bits per heavy atom. The summed E-state index contributed by atoms with van der Waals surface area (Å²) in [6.45, 7) is 4.26. The highest BCUT2D eigenvalue weighted by molar-refractivity contribution is 5.05. The summed E-state index contributed by atoms with van der Waals surface area (Å²) in [6.07, 6.45) is 8.99. The largest absolute Gasteiger partial charge is 0.389 e. The van der Waals surface area contributed by atoms with Gasteiger partial charge in [-0.2, -0.15) is 0 Å². The van der Waals surface area contributed by atoms with Gasteiger partial charge in [-0.1, -0.05) is 13.3 Å². The van der Waals surface area contributed by atoms with Crippen LogP contribution >= 0.6 is 0 Å². The van der Waals surface area contributed by atoms with E-state index in [1.54, 1.807) is 0 Å². The van der Waals surface area contributed by atoms with Gasteiger partial charge in [0.05, 0.1) is 18.8 Å². The minimum atomic E-state index is -0.624. The summed E-state index contributed by atoms with van der Waals surface area (Å²) in [5.41, 5.74) is 5.46. The van der Waals surface area contributed by atoms with Gasteiger partial charge in [-0.05, 0) is 44.4 Å². The molecular weight excluding hydrogens is 266 g/mol. The van der Waals surface area contributed by atoms with E-state index >= 15 is 0 Å². The number of aliphatic hydroxyl groups is 1. The van der Waals surface area contributed by atoms with Crippen molar-refractivity contribution in [2.75, 3.05) is 19.8 Å². The number of ether oxygens (including phenoxy) is 2. The molecule has 0 atom stereocenters. The van der Waals surface area contributed by atoms with Crippen LogP contribution in [0.2, 0.25) is 0 Å². The Bertz CT molecular complexity index is 347. The molecule has 3 rings (SSSR count). The Morgan fingerprint density at radius 3 is 2.05 bits per heavy atom. The van der Waals surface area contributed by atoms with Gasteiger partial charge in [0.25, 0.3) is 0 Å². The van der Waals surface area contributed by atoms with Crippen molar-refractivity contribution in [2.45, 2.75) is 76.1 Å². The molecular formula is C17H31NO3. The summed E-state index contributed by atoms with van der Waals surface area (Å²) >= 11 is 0. The summed E-state index contributed by atoms with van der Waals surface area (Å²) in [4.78, 5) is 0. The molecule has 4 heteroatoms. The number of hydrogen-bond acceptors (Lipinski definition) is 4. The van der Waals surface area contributed by atoms with Crippen LogP contribution in [-0.2, 0) is 9.47 Å². The van der Waals surface area contributed by atoms with Crippen LogP contribution in [0, 0.1) is 11.3 Å². The third kappa shape index (κ3) is 2.65. The van der Waals surface area contributed by atoms with E-state index < -0.39 is 11.4 Å². The van der Waals surface area contributed by atoms with Gasteiger partial charge in [0.15, 0.2) is 5.79 Å². The molecule has 0 aromatic rings. The first-order valence-electron chi connectivity index (χ1n) is 8.77. The van der Waals surface area contributed by atoms with Crippen LogP contribution in [0.1, 0.15) is 64.7 Å². The first kappa shape index (κ1) is 15.7. The summed E-state index contributed by atoms with van der Waals surface area (Å²) in [6, 6.07) is 0. The molecule has 1 saturated heterocycles. The molecule has 1 spiro atoms. The maximum Gasteiger partial charge on any atom is 0.168 e. The fourth-order valence-electron chi connectivity index (χ4n) is 4.86. The Balaban J connectivity index is 1.69. The van der Waals surface area contributed by atoms with E-state index in [0.717, 1.165) is 44.4 Å². The number of rotatable bonds is 3. The van der Waals surface area contributed by atoms with Crippen LogP contribution in [0.15, 0.2) is 0 Å². The van der Waals surface area contributed by atoms with E-state index in [4.69, 9.17) is 15.2 Å². The van der Waals surface area contributed by atoms with Gasteiger partial charge < -0.3 is 20.3 Å². The van der Waals surface area contributed by atoms with Crippen LogP contribution in [-0.4, -0.2) is 36.3 Å². The normalized spacial score (nSPS) is 38.7. The summed E-state index contributed by atoms with van der Waals surface area (Å²) < 4.78 is 11.6. The zero-order valence-electron chi connectivity index (χ0n) is 13.4. The van der Waals surface area contributed by atoms with Gasteiger partial charge >= 0.3 is 0 Å². The molecule has 122 valence electrons. The standard InChI is InChI=1S/C17H31NO3/c1-2-14-3-5-15(13-18,6-4-14)16(19)7-9-17(10-8-16)20-11-12-21-17/h14,19H,2-13,18H2,1H3. The molecule has 1 aliphatic heterocycles. The van der Waals surface area contributed by atoms with Crippen molar-refractivity contribution in [3.05, 3.63) is 0 Å². The van der Waals surface area contributed by atoms with Crippen molar-refractivity contribution in [3.63, 3.8) is 0 Å². The van der Waals surface area contributed by atoms with Crippen LogP contribution in [0.25, 0.3) is 0 Å². The summed E-state index contributed by atoms with van der Waals surface area (Å²) in [5.74, 6) is 0.424. The van der Waals surface area contributed by atoms with Gasteiger partial charge in [0, 0.05) is 24.8 Å². The van der Waals surface area contributed by atoms with E-state index in [0.29, 0.717) is 19.8 Å². The average molecular weight is 297 g/mol. The lowest BCUT2D eigenvalue weighted by atomic mass is 9.56. The molecule has 2 aliphatic carbocycles. The van der Waals surface area contributed by atoms with E-state index in [9.17, 15) is 5.11 Å². The van der Waals surface area contributed by atoms with E-state index in [1.165, 1.54) is 19.3 Å². The molecule has 2 saturated carbocycles. The topological polar surface area (TPSA) is 64.7 Å². The monoisotopic (exact) mass is 297 g/mol. The molecule has 0 unspecified atom stereocenters. The molecule has 0 radical (unpaired) electrons. The highest BCUT2D eigenvalue weighted by atomic mass is 16.7. The third-order valence-electron chi connectivity index (χ3n) is 6.67. The minimum absolute atomic E-state index is 0.0844. The fourth-order valence-corrected chi connectivity index (χ4v) is 4.86. The zero-order valence-corrected chi connectivity index (χ0v) is 13.4. The Kier molecular flexibility index (Phi) is 4.34. The lowest BCUT2D eigenvalue weighted by Crippen LogP contribution is -2.58. The molecule has 3 aliphatic rings. The van der Waals surface area contributed by atoms with Crippen molar-refractivity contribution in [1.82, 2.24) is 0 Å². The second-order valence-electron chi connectivity index (χ2n) is 7.48. The molecule has 0 aromatic carbocycles. The fraction of sp³-hybridized carbons (Fsp3) is 1.00. The number of hydrogen-bond donors (Lipinski definition) is 2. The Morgan fingerprint density at radius 2 is 1.57 bits per heavy atom. The van der Waals surface area contributed by atoms with E-state index in [-0.39, 0.29) is 5.41 Å². The Labute approximate surface area is 128 Å². The smallest absolute Gasteiger partial charge is 0.168 e. The highest BCUT2D eigenvalue weighted by Gasteiger charge is 2.55. The van der Waals surface area contributed by atoms with E-state index in [1.807, 2.05) is 0 Å². The van der Waals surface area contributed by atoms with Gasteiger partial charge in [0.2, 0.25) is 0 Å². The van der Waals surface area contributed by atoms with Crippen molar-refractivity contribution in [3.8, 4) is 0 Å². The zero-order chi connectivity index (χ0) is 15.0. The van der Waals surface area contributed by atoms with Crippen LogP contribution in [0.3, 0.4) is 0 Å². The number of nitrogens with two attached hydrogens (primary N) is 1. The van der Waals surface area contributed by atoms with Crippen LogP contribution in [0.5, 0.6) is 0 Å². The molecule has 0 amide bonds. The van der Waals surface area contributed by atoms with Gasteiger partial charge in [-0.25, -0.2) is 0 Å². The molecule has 0 bridgehead atoms. The van der Waals surface area contributed by atoms with Gasteiger partial charge in [-0.15, -0.1) is 0 Å². The molecule has 3 fully saturated rings. The first-order chi connectivity index (χ1) is 10.1. The lowest BCUT2D eigenvalue weighted by Gasteiger charge is -2.54. The minimum Gasteiger partial charge on any atom is -0.389 e. The second-order valence-corrected chi connectivity index (χ2v) is 7.48. The SMILES string of the molecule is CCC1CCC(CN)(C2(O)CCC3(CC2)OCCO3)CC1. The average Bonchev–Trinajstić information content (AvgIpc) is 2.99. The predicted octanol–water partition coefficient (Wildman–Crippen LogP) is 2.58. The molecule has 3 N–H and O–H groups in total. The van der Waals surface area contributed by atoms with Gasteiger partial charge in [0.1, 0.15) is 0 Å². The van der Waals surface area contributed by atoms with Crippen molar-refractivity contribution in [1.29, 1.82) is 0 Å². The van der Waals surface area contributed by atoms with Crippen molar-refractivity contribution < 1.29 is 14.6 Å². The highest BCUT2D eigenvalue weighted by Crippen LogP contribution is 2.54. The third-order valence-corrected chi connectivity index (χ3v) is 6.67. The lowest BCUT2D eigenvalue weighted by molar-refractivity contribution is -0.226. The molecule has 1 heterocycles. The van der Waals surface area contributed by atoms with Crippen LogP contribution in [0.4, 0.5) is 0 Å². The van der Waals surface area contributed by atoms with Gasteiger partial charge in [-0.3, -0.25) is 0 Å². The summed E-state index contributed by atoms with van der Waals surface area (Å²) in [7, 11) is 0. The maximum atomic E-state index is 11.4. The molecule has 21 heavy (non-hydrogen) atoms. The van der Waals surface area contributed by atoms with Crippen molar-refractivity contribution in [2.24, 2.45) is 17.1 Å². The maximum absolute atomic E-state index is 11.4. The summed E-state index contributed by atoms with van der Waals surface area (Å²) in [5, 5.41) is 11.4. The van der Waals surface area contributed by atoms with Crippen LogP contribution < -0.4 is 5.73 Å². The predicted molar refractivity (Wildman–Crippen MR) is 81.8 cm³/mol. The van der Waals surface area contributed by atoms with Crippen molar-refractivity contribution >= 4 is 0 Å². The first-order valence-corrected chi connectivity index (χ1v) is 8.77.